The summed E-state index contributed by atoms with van der Waals surface area (Å²) in [6, 6.07) is 6.60. The monoisotopic (exact) mass is 180 g/mol. The largest absolute Gasteiger partial charge is 0.508 e. The average Bonchev–Trinajstić information content (AvgIpc) is 2.15. The highest BCUT2D eigenvalue weighted by Gasteiger charge is 2.15. The maximum atomic E-state index is 11.1. The molecule has 0 aromatic heterocycles. The van der Waals surface area contributed by atoms with Crippen LogP contribution >= 0.6 is 0 Å². The van der Waals surface area contributed by atoms with Crippen LogP contribution in [0.5, 0.6) is 5.75 Å². The minimum Gasteiger partial charge on any atom is -0.508 e. The molecule has 0 radical (unpaired) electrons. The zero-order valence-corrected chi connectivity index (χ0v) is 7.65. The Labute approximate surface area is 77.0 Å². The summed E-state index contributed by atoms with van der Waals surface area (Å²) < 4.78 is 4.59. The predicted octanol–water partition coefficient (Wildman–Crippen LogP) is 1.67. The number of carbonyl (C=O) groups is 1. The predicted molar refractivity (Wildman–Crippen MR) is 48.5 cm³/mol. The van der Waals surface area contributed by atoms with Crippen molar-refractivity contribution in [1.29, 1.82) is 0 Å². The highest BCUT2D eigenvalue weighted by molar-refractivity contribution is 5.77. The summed E-state index contributed by atoms with van der Waals surface area (Å²) in [7, 11) is 1.35. The van der Waals surface area contributed by atoms with Crippen molar-refractivity contribution in [2.24, 2.45) is 0 Å². The van der Waals surface area contributed by atoms with Crippen LogP contribution in [-0.2, 0) is 9.53 Å². The van der Waals surface area contributed by atoms with Crippen molar-refractivity contribution < 1.29 is 14.6 Å². The van der Waals surface area contributed by atoms with Crippen molar-refractivity contribution >= 4 is 5.97 Å². The van der Waals surface area contributed by atoms with Gasteiger partial charge in [0.2, 0.25) is 0 Å². The summed E-state index contributed by atoms with van der Waals surface area (Å²) in [6.07, 6.45) is 0. The first kappa shape index (κ1) is 9.58. The van der Waals surface area contributed by atoms with E-state index in [9.17, 15) is 4.79 Å². The molecule has 0 amide bonds. The van der Waals surface area contributed by atoms with Gasteiger partial charge in [-0.05, 0) is 24.6 Å². The number of esters is 1. The van der Waals surface area contributed by atoms with E-state index in [1.165, 1.54) is 7.11 Å². The van der Waals surface area contributed by atoms with Gasteiger partial charge in [-0.25, -0.2) is 0 Å². The van der Waals surface area contributed by atoms with Crippen LogP contribution in [0.4, 0.5) is 0 Å². The van der Waals surface area contributed by atoms with Gasteiger partial charge in [-0.15, -0.1) is 0 Å². The Morgan fingerprint density at radius 3 is 2.77 bits per heavy atom. The lowest BCUT2D eigenvalue weighted by molar-refractivity contribution is -0.141. The van der Waals surface area contributed by atoms with Crippen molar-refractivity contribution in [2.75, 3.05) is 7.11 Å². The molecule has 1 N–H and O–H groups in total. The van der Waals surface area contributed by atoms with E-state index in [-0.39, 0.29) is 17.6 Å². The number of aromatic hydroxyl groups is 1. The Kier molecular flexibility index (Phi) is 2.90. The molecule has 1 atom stereocenters. The summed E-state index contributed by atoms with van der Waals surface area (Å²) in [5.41, 5.74) is 0.756. The number of hydrogen-bond acceptors (Lipinski definition) is 3. The highest BCUT2D eigenvalue weighted by atomic mass is 16.5. The molecule has 1 aromatic carbocycles. The molecule has 70 valence electrons. The number of phenolic OH excluding ortho intramolecular Hbond substituents is 1. The van der Waals surface area contributed by atoms with E-state index in [2.05, 4.69) is 4.74 Å². The molecular formula is C10H12O3. The number of methoxy groups -OCH3 is 1. The Balaban J connectivity index is 2.88. The maximum Gasteiger partial charge on any atom is 0.312 e. The van der Waals surface area contributed by atoms with Gasteiger partial charge in [0.1, 0.15) is 5.75 Å². The van der Waals surface area contributed by atoms with E-state index in [1.807, 2.05) is 0 Å². The Bertz CT molecular complexity index is 307. The van der Waals surface area contributed by atoms with Gasteiger partial charge in [0.25, 0.3) is 0 Å². The van der Waals surface area contributed by atoms with Crippen LogP contribution in [0, 0.1) is 0 Å². The number of phenols is 1. The molecule has 3 heteroatoms. The Hall–Kier alpha value is -1.51. The molecule has 13 heavy (non-hydrogen) atoms. The van der Waals surface area contributed by atoms with E-state index in [4.69, 9.17) is 5.11 Å². The SMILES string of the molecule is COC(=O)[C@@H](C)c1cccc(O)c1. The molecule has 0 unspecified atom stereocenters. The van der Waals surface area contributed by atoms with Crippen LogP contribution in [0.25, 0.3) is 0 Å². The topological polar surface area (TPSA) is 46.5 Å². The van der Waals surface area contributed by atoms with Crippen LogP contribution < -0.4 is 0 Å². The molecule has 3 nitrogen and oxygen atoms in total. The van der Waals surface area contributed by atoms with Gasteiger partial charge < -0.3 is 9.84 Å². The Morgan fingerprint density at radius 1 is 1.54 bits per heavy atom. The van der Waals surface area contributed by atoms with Crippen LogP contribution in [0.2, 0.25) is 0 Å². The third-order valence-electron chi connectivity index (χ3n) is 1.92. The molecule has 0 spiro atoms. The molecule has 1 aromatic rings. The van der Waals surface area contributed by atoms with Crippen LogP contribution in [0.15, 0.2) is 24.3 Å². The standard InChI is InChI=1S/C10H12O3/c1-7(10(12)13-2)8-4-3-5-9(11)6-8/h3-7,11H,1-2H3/t7-/m0/s1. The van der Waals surface area contributed by atoms with E-state index in [0.29, 0.717) is 0 Å². The van der Waals surface area contributed by atoms with E-state index >= 15 is 0 Å². The molecule has 1 rings (SSSR count). The van der Waals surface area contributed by atoms with Gasteiger partial charge in [0.15, 0.2) is 0 Å². The second kappa shape index (κ2) is 3.94. The fraction of sp³-hybridized carbons (Fsp3) is 0.300. The third kappa shape index (κ3) is 2.21. The molecule has 0 heterocycles. The molecule has 0 saturated carbocycles. The minimum atomic E-state index is -0.336. The van der Waals surface area contributed by atoms with Gasteiger partial charge in [-0.1, -0.05) is 12.1 Å². The van der Waals surface area contributed by atoms with Gasteiger partial charge in [0, 0.05) is 0 Å². The van der Waals surface area contributed by atoms with Gasteiger partial charge >= 0.3 is 5.97 Å². The Morgan fingerprint density at radius 2 is 2.23 bits per heavy atom. The second-order valence-corrected chi connectivity index (χ2v) is 2.84. The number of rotatable bonds is 2. The lowest BCUT2D eigenvalue weighted by Crippen LogP contribution is -2.10. The minimum absolute atomic E-state index is 0.160. The molecule has 0 fully saturated rings. The quantitative estimate of drug-likeness (QED) is 0.704. The number of hydrogen-bond donors (Lipinski definition) is 1. The van der Waals surface area contributed by atoms with E-state index in [1.54, 1.807) is 31.2 Å². The molecule has 0 bridgehead atoms. The highest BCUT2D eigenvalue weighted by Crippen LogP contribution is 2.20. The first-order chi connectivity index (χ1) is 6.15. The van der Waals surface area contributed by atoms with Crippen molar-refractivity contribution in [3.8, 4) is 5.75 Å². The summed E-state index contributed by atoms with van der Waals surface area (Å²) in [5.74, 6) is -0.476. The number of carbonyl (C=O) groups excluding carboxylic acids is 1. The number of ether oxygens (including phenoxy) is 1. The van der Waals surface area contributed by atoms with E-state index in [0.717, 1.165) is 5.56 Å². The van der Waals surface area contributed by atoms with Crippen molar-refractivity contribution in [1.82, 2.24) is 0 Å². The summed E-state index contributed by atoms with van der Waals surface area (Å²) >= 11 is 0. The second-order valence-electron chi connectivity index (χ2n) is 2.84. The van der Waals surface area contributed by atoms with Crippen LogP contribution in [-0.4, -0.2) is 18.2 Å². The van der Waals surface area contributed by atoms with Crippen LogP contribution in [0.3, 0.4) is 0 Å². The van der Waals surface area contributed by atoms with Crippen LogP contribution in [0.1, 0.15) is 18.4 Å². The van der Waals surface area contributed by atoms with Crippen molar-refractivity contribution in [3.63, 3.8) is 0 Å². The molecular weight excluding hydrogens is 168 g/mol. The fourth-order valence-corrected chi connectivity index (χ4v) is 1.11. The maximum absolute atomic E-state index is 11.1. The molecule has 0 aliphatic rings. The lowest BCUT2D eigenvalue weighted by atomic mass is 10.0. The van der Waals surface area contributed by atoms with Crippen molar-refractivity contribution in [3.05, 3.63) is 29.8 Å². The molecule has 0 aliphatic heterocycles. The normalized spacial score (nSPS) is 12.2. The van der Waals surface area contributed by atoms with Gasteiger partial charge in [-0.2, -0.15) is 0 Å². The van der Waals surface area contributed by atoms with Gasteiger partial charge in [0.05, 0.1) is 13.0 Å². The summed E-state index contributed by atoms with van der Waals surface area (Å²) in [6.45, 7) is 1.74. The molecule has 0 aliphatic carbocycles. The smallest absolute Gasteiger partial charge is 0.312 e. The zero-order chi connectivity index (χ0) is 9.84. The zero-order valence-electron chi connectivity index (χ0n) is 7.65. The lowest BCUT2D eigenvalue weighted by Gasteiger charge is -2.08. The average molecular weight is 180 g/mol. The summed E-state index contributed by atoms with van der Waals surface area (Å²) in [5, 5.41) is 9.16. The van der Waals surface area contributed by atoms with Crippen molar-refractivity contribution in [2.45, 2.75) is 12.8 Å². The van der Waals surface area contributed by atoms with Gasteiger partial charge in [-0.3, -0.25) is 4.79 Å². The third-order valence-corrected chi connectivity index (χ3v) is 1.92. The first-order valence-electron chi connectivity index (χ1n) is 4.02. The fourth-order valence-electron chi connectivity index (χ4n) is 1.11. The first-order valence-corrected chi connectivity index (χ1v) is 4.02. The molecule has 0 saturated heterocycles. The number of benzene rings is 1. The van der Waals surface area contributed by atoms with E-state index < -0.39 is 0 Å². The summed E-state index contributed by atoms with van der Waals surface area (Å²) in [4.78, 5) is 11.1.